The smallest absolute Gasteiger partial charge is 0.303 e. The molecule has 1 heterocycles. The van der Waals surface area contributed by atoms with Crippen LogP contribution in [-0.2, 0) is 4.74 Å². The minimum Gasteiger partial charge on any atom is -0.506 e. The molecule has 0 amide bonds. The molecule has 12 nitrogen and oxygen atoms in total. The summed E-state index contributed by atoms with van der Waals surface area (Å²) in [5.74, 6) is -0.393. The van der Waals surface area contributed by atoms with Gasteiger partial charge in [-0.3, -0.25) is 25.0 Å². The fourth-order valence-electron chi connectivity index (χ4n) is 3.02. The van der Waals surface area contributed by atoms with E-state index in [-0.39, 0.29) is 29.3 Å². The first-order valence-electron chi connectivity index (χ1n) is 8.80. The van der Waals surface area contributed by atoms with Crippen molar-refractivity contribution >= 4 is 34.2 Å². The minimum atomic E-state index is -0.814. The number of phenolic OH excluding ortho intramolecular Hbond substituents is 1. The summed E-state index contributed by atoms with van der Waals surface area (Å²) < 4.78 is 5.06. The molecule has 0 radical (unpaired) electrons. The molecule has 0 aromatic heterocycles. The van der Waals surface area contributed by atoms with E-state index in [1.54, 1.807) is 7.11 Å². The van der Waals surface area contributed by atoms with E-state index in [9.17, 15) is 30.1 Å². The largest absolute Gasteiger partial charge is 0.506 e. The van der Waals surface area contributed by atoms with Crippen LogP contribution in [0.1, 0.15) is 16.8 Å². The number of azo groups is 1. The van der Waals surface area contributed by atoms with E-state index < -0.39 is 21.2 Å². The van der Waals surface area contributed by atoms with Crippen LogP contribution in [-0.4, -0.2) is 47.5 Å². The van der Waals surface area contributed by atoms with Crippen LogP contribution in [0.15, 0.2) is 40.6 Å². The number of aromatic hydroxyl groups is 1. The number of carbonyl (C=O) groups excluding carboxylic acids is 1. The van der Waals surface area contributed by atoms with Gasteiger partial charge < -0.3 is 14.7 Å². The summed E-state index contributed by atoms with van der Waals surface area (Å²) in [6.07, 6.45) is 0.284. The lowest BCUT2D eigenvalue weighted by Crippen LogP contribution is -2.34. The Balaban J connectivity index is 1.97. The molecule has 0 atom stereocenters. The maximum absolute atomic E-state index is 12.3. The number of hydrogen-bond acceptors (Lipinski definition) is 10. The molecule has 0 aliphatic carbocycles. The van der Waals surface area contributed by atoms with E-state index in [4.69, 9.17) is 4.74 Å². The summed E-state index contributed by atoms with van der Waals surface area (Å²) in [5, 5.41) is 39.9. The number of nitrogens with zero attached hydrogens (tertiary/aromatic N) is 5. The molecule has 0 bridgehead atoms. The van der Waals surface area contributed by atoms with Crippen molar-refractivity contribution in [3.05, 3.63) is 56.1 Å². The van der Waals surface area contributed by atoms with Gasteiger partial charge in [0.25, 0.3) is 5.69 Å². The predicted octanol–water partition coefficient (Wildman–Crippen LogP) is 3.66. The molecular formula is C18H17N5O7. The van der Waals surface area contributed by atoms with E-state index in [2.05, 4.69) is 10.2 Å². The summed E-state index contributed by atoms with van der Waals surface area (Å²) in [4.78, 5) is 34.7. The SMILES string of the molecule is COCCN1CCC(=O)c2cc(N=Nc3ccc([N+](=O)[O-])cc3[N+](=O)[O-])c(O)cc21. The van der Waals surface area contributed by atoms with Crippen molar-refractivity contribution in [3.8, 4) is 5.75 Å². The lowest BCUT2D eigenvalue weighted by atomic mass is 9.99. The van der Waals surface area contributed by atoms with Crippen LogP contribution in [0.3, 0.4) is 0 Å². The number of ketones is 1. The number of ether oxygens (including phenoxy) is 1. The topological polar surface area (TPSA) is 161 Å². The average Bonchev–Trinajstić information content (AvgIpc) is 2.71. The molecule has 1 aliphatic rings. The number of phenols is 1. The molecule has 3 rings (SSSR count). The third-order valence-corrected chi connectivity index (χ3v) is 4.54. The molecule has 1 aliphatic heterocycles. The van der Waals surface area contributed by atoms with Crippen molar-refractivity contribution < 1.29 is 24.5 Å². The lowest BCUT2D eigenvalue weighted by Gasteiger charge is -2.30. The average molecular weight is 415 g/mol. The van der Waals surface area contributed by atoms with Gasteiger partial charge in [-0.15, -0.1) is 10.2 Å². The van der Waals surface area contributed by atoms with Crippen LogP contribution < -0.4 is 4.90 Å². The third-order valence-electron chi connectivity index (χ3n) is 4.54. The number of nitro benzene ring substituents is 2. The number of nitro groups is 2. The third kappa shape index (κ3) is 4.22. The number of rotatable bonds is 7. The number of anilines is 1. The Bertz CT molecular complexity index is 1050. The van der Waals surface area contributed by atoms with Crippen molar-refractivity contribution in [2.75, 3.05) is 31.7 Å². The highest BCUT2D eigenvalue weighted by molar-refractivity contribution is 6.04. The zero-order chi connectivity index (χ0) is 21.8. The zero-order valence-corrected chi connectivity index (χ0v) is 15.8. The zero-order valence-electron chi connectivity index (χ0n) is 15.8. The summed E-state index contributed by atoms with van der Waals surface area (Å²) in [7, 11) is 1.56. The molecule has 0 saturated carbocycles. The van der Waals surface area contributed by atoms with Crippen LogP contribution >= 0.6 is 0 Å². The fraction of sp³-hybridized carbons (Fsp3) is 0.278. The van der Waals surface area contributed by atoms with E-state index in [0.717, 1.165) is 18.2 Å². The maximum atomic E-state index is 12.3. The Kier molecular flexibility index (Phi) is 5.97. The Labute approximate surface area is 169 Å². The summed E-state index contributed by atoms with van der Waals surface area (Å²) >= 11 is 0. The first-order chi connectivity index (χ1) is 14.3. The molecule has 0 spiro atoms. The lowest BCUT2D eigenvalue weighted by molar-refractivity contribution is -0.393. The quantitative estimate of drug-likeness (QED) is 0.407. The maximum Gasteiger partial charge on any atom is 0.303 e. The number of carbonyl (C=O) groups is 1. The van der Waals surface area contributed by atoms with Crippen LogP contribution in [0.5, 0.6) is 5.75 Å². The van der Waals surface area contributed by atoms with Gasteiger partial charge in [-0.05, 0) is 12.1 Å². The predicted molar refractivity (Wildman–Crippen MR) is 105 cm³/mol. The Morgan fingerprint density at radius 3 is 2.53 bits per heavy atom. The van der Waals surface area contributed by atoms with E-state index in [1.165, 1.54) is 12.1 Å². The van der Waals surface area contributed by atoms with Gasteiger partial charge in [-0.25, -0.2) is 0 Å². The normalized spacial score (nSPS) is 13.5. The number of methoxy groups -OCH3 is 1. The molecular weight excluding hydrogens is 398 g/mol. The van der Waals surface area contributed by atoms with Crippen LogP contribution in [0.4, 0.5) is 28.4 Å². The first kappa shape index (κ1) is 20.8. The van der Waals surface area contributed by atoms with Gasteiger partial charge in [0.1, 0.15) is 11.4 Å². The fourth-order valence-corrected chi connectivity index (χ4v) is 3.02. The van der Waals surface area contributed by atoms with Crippen molar-refractivity contribution in [1.82, 2.24) is 0 Å². The number of benzene rings is 2. The number of fused-ring (bicyclic) bond motifs is 1. The van der Waals surface area contributed by atoms with Crippen molar-refractivity contribution in [2.45, 2.75) is 6.42 Å². The highest BCUT2D eigenvalue weighted by atomic mass is 16.6. The van der Waals surface area contributed by atoms with Gasteiger partial charge in [0.2, 0.25) is 0 Å². The van der Waals surface area contributed by atoms with Gasteiger partial charge in [-0.1, -0.05) is 0 Å². The Morgan fingerprint density at radius 2 is 1.87 bits per heavy atom. The van der Waals surface area contributed by atoms with Gasteiger partial charge in [0.05, 0.1) is 28.2 Å². The molecule has 2 aromatic carbocycles. The second-order valence-corrected chi connectivity index (χ2v) is 6.40. The van der Waals surface area contributed by atoms with Gasteiger partial charge in [0, 0.05) is 44.3 Å². The minimum absolute atomic E-state index is 0.0525. The molecule has 156 valence electrons. The van der Waals surface area contributed by atoms with Crippen LogP contribution in [0.25, 0.3) is 0 Å². The monoisotopic (exact) mass is 415 g/mol. The van der Waals surface area contributed by atoms with Gasteiger partial charge in [0.15, 0.2) is 11.5 Å². The van der Waals surface area contributed by atoms with E-state index in [1.807, 2.05) is 4.90 Å². The Morgan fingerprint density at radius 1 is 1.13 bits per heavy atom. The highest BCUT2D eigenvalue weighted by Gasteiger charge is 2.25. The van der Waals surface area contributed by atoms with Crippen molar-refractivity contribution in [3.63, 3.8) is 0 Å². The molecule has 0 unspecified atom stereocenters. The van der Waals surface area contributed by atoms with Crippen LogP contribution in [0.2, 0.25) is 0 Å². The van der Waals surface area contributed by atoms with E-state index >= 15 is 0 Å². The molecule has 2 aromatic rings. The first-order valence-corrected chi connectivity index (χ1v) is 8.80. The van der Waals surface area contributed by atoms with E-state index in [0.29, 0.717) is 30.9 Å². The van der Waals surface area contributed by atoms with Gasteiger partial charge >= 0.3 is 5.69 Å². The standard InChI is InChI=1S/C18H17N5O7/c1-30-7-6-21-5-4-17(24)12-9-14(18(25)10-15(12)21)20-19-13-3-2-11(22(26)27)8-16(13)23(28)29/h2-3,8-10,25H,4-7H2,1H3. The number of hydrogen-bond donors (Lipinski definition) is 1. The Hall–Kier alpha value is -3.93. The molecule has 1 N–H and O–H groups in total. The van der Waals surface area contributed by atoms with Gasteiger partial charge in [-0.2, -0.15) is 0 Å². The molecule has 30 heavy (non-hydrogen) atoms. The molecule has 12 heteroatoms. The summed E-state index contributed by atoms with van der Waals surface area (Å²) in [6.45, 7) is 1.47. The summed E-state index contributed by atoms with van der Waals surface area (Å²) in [6, 6.07) is 5.68. The number of Topliss-reactive ketones (excluding diaryl/α,β-unsaturated/α-hetero) is 1. The highest BCUT2D eigenvalue weighted by Crippen LogP contribution is 2.39. The van der Waals surface area contributed by atoms with Crippen LogP contribution in [0, 0.1) is 20.2 Å². The second kappa shape index (κ2) is 8.61. The summed E-state index contributed by atoms with van der Waals surface area (Å²) in [5.41, 5.74) is -0.450. The number of non-ortho nitro benzene ring substituents is 1. The van der Waals surface area contributed by atoms with Crippen molar-refractivity contribution in [2.24, 2.45) is 10.2 Å². The molecule has 0 saturated heterocycles. The van der Waals surface area contributed by atoms with Crippen molar-refractivity contribution in [1.29, 1.82) is 0 Å². The molecule has 0 fully saturated rings. The second-order valence-electron chi connectivity index (χ2n) is 6.40.